The number of amides is 2. The Balaban J connectivity index is 1.18. The molecule has 2 atom stereocenters. The van der Waals surface area contributed by atoms with E-state index in [4.69, 9.17) is 5.11 Å². The maximum atomic E-state index is 14.6. The van der Waals surface area contributed by atoms with Gasteiger partial charge in [0.05, 0.1) is 18.8 Å². The lowest BCUT2D eigenvalue weighted by atomic mass is 9.89. The third-order valence-electron chi connectivity index (χ3n) is 8.07. The molecule has 0 radical (unpaired) electrons. The van der Waals surface area contributed by atoms with Crippen molar-refractivity contribution in [3.8, 4) is 0 Å². The summed E-state index contributed by atoms with van der Waals surface area (Å²) in [5.74, 6) is -1.37. The number of halogens is 3. The van der Waals surface area contributed by atoms with Crippen molar-refractivity contribution in [1.29, 1.82) is 0 Å². The van der Waals surface area contributed by atoms with Crippen LogP contribution in [0.2, 0.25) is 0 Å². The zero-order valence-electron chi connectivity index (χ0n) is 22.6. The lowest BCUT2D eigenvalue weighted by Crippen LogP contribution is -2.39. The predicted molar refractivity (Wildman–Crippen MR) is 149 cm³/mol. The van der Waals surface area contributed by atoms with Crippen LogP contribution in [0.4, 0.5) is 24.7 Å². The molecular formula is C30H29F3N6O3. The minimum atomic E-state index is -1.26. The molecule has 2 aliphatic heterocycles. The number of rotatable bonds is 6. The summed E-state index contributed by atoms with van der Waals surface area (Å²) in [5.41, 5.74) is 2.28. The number of aromatic nitrogens is 3. The normalized spacial score (nSPS) is 19.4. The molecule has 2 saturated heterocycles. The lowest BCUT2D eigenvalue weighted by Gasteiger charge is -2.32. The van der Waals surface area contributed by atoms with Crippen molar-refractivity contribution in [2.45, 2.75) is 37.4 Å². The van der Waals surface area contributed by atoms with Crippen LogP contribution in [0, 0.1) is 11.6 Å². The number of fused-ring (bicyclic) bond motifs is 1. The highest BCUT2D eigenvalue weighted by Crippen LogP contribution is 2.38. The molecule has 2 aliphatic rings. The molecule has 2 aromatic heterocycles. The van der Waals surface area contributed by atoms with Gasteiger partial charge in [-0.05, 0) is 66.8 Å². The summed E-state index contributed by atoms with van der Waals surface area (Å²) in [6, 6.07) is 13.1. The van der Waals surface area contributed by atoms with Gasteiger partial charge in [-0.2, -0.15) is 0 Å². The number of aliphatic hydroxyl groups is 1. The molecule has 2 amide bonds. The fourth-order valence-corrected chi connectivity index (χ4v) is 5.87. The van der Waals surface area contributed by atoms with E-state index >= 15 is 0 Å². The molecule has 0 unspecified atom stereocenters. The van der Waals surface area contributed by atoms with Crippen LogP contribution in [0.25, 0.3) is 5.65 Å². The van der Waals surface area contributed by atoms with Crippen molar-refractivity contribution in [3.63, 3.8) is 0 Å². The number of hydrogen-bond acceptors (Lipinski definition) is 6. The van der Waals surface area contributed by atoms with Crippen LogP contribution in [0.15, 0.2) is 60.8 Å². The molecule has 2 aromatic carbocycles. The SMILES string of the molecule is O=C(Nc1ccc(C2CCN(C(=O)CO)CC2)cc1)c1cnc2ccc(N3C[C@@H](F)C[C@@H]3c3cc(F)ccc3F)nn12. The van der Waals surface area contributed by atoms with Crippen LogP contribution < -0.4 is 10.2 Å². The molecule has 12 heteroatoms. The van der Waals surface area contributed by atoms with Crippen LogP contribution in [0.1, 0.15) is 52.8 Å². The Labute approximate surface area is 239 Å². The molecule has 218 valence electrons. The van der Waals surface area contributed by atoms with E-state index in [1.54, 1.807) is 21.9 Å². The molecule has 42 heavy (non-hydrogen) atoms. The summed E-state index contributed by atoms with van der Waals surface area (Å²) in [7, 11) is 0. The Morgan fingerprint density at radius 2 is 1.79 bits per heavy atom. The first-order chi connectivity index (χ1) is 20.3. The third kappa shape index (κ3) is 5.41. The first-order valence-corrected chi connectivity index (χ1v) is 13.8. The Kier molecular flexibility index (Phi) is 7.55. The first kappa shape index (κ1) is 27.7. The maximum Gasteiger partial charge on any atom is 0.276 e. The predicted octanol–water partition coefficient (Wildman–Crippen LogP) is 4.25. The van der Waals surface area contributed by atoms with Crippen LogP contribution >= 0.6 is 0 Å². The van der Waals surface area contributed by atoms with Gasteiger partial charge in [-0.3, -0.25) is 9.59 Å². The number of nitrogens with one attached hydrogen (secondary N) is 1. The van der Waals surface area contributed by atoms with E-state index in [1.807, 2.05) is 24.3 Å². The largest absolute Gasteiger partial charge is 0.387 e. The number of benzene rings is 2. The Morgan fingerprint density at radius 3 is 2.52 bits per heavy atom. The van der Waals surface area contributed by atoms with E-state index < -0.39 is 36.4 Å². The van der Waals surface area contributed by atoms with Crippen molar-refractivity contribution >= 4 is 29.0 Å². The lowest BCUT2D eigenvalue weighted by molar-refractivity contribution is -0.135. The Bertz CT molecular complexity index is 1620. The summed E-state index contributed by atoms with van der Waals surface area (Å²) >= 11 is 0. The minimum absolute atomic E-state index is 0.0206. The number of carbonyl (C=O) groups excluding carboxylic acids is 2. The van der Waals surface area contributed by atoms with Gasteiger partial charge in [0.1, 0.15) is 30.2 Å². The minimum Gasteiger partial charge on any atom is -0.387 e. The second-order valence-corrected chi connectivity index (χ2v) is 10.7. The van der Waals surface area contributed by atoms with E-state index in [2.05, 4.69) is 15.4 Å². The highest BCUT2D eigenvalue weighted by Gasteiger charge is 2.36. The van der Waals surface area contributed by atoms with Gasteiger partial charge < -0.3 is 20.2 Å². The van der Waals surface area contributed by atoms with Crippen LogP contribution in [-0.2, 0) is 4.79 Å². The van der Waals surface area contributed by atoms with Gasteiger partial charge in [-0.25, -0.2) is 22.7 Å². The van der Waals surface area contributed by atoms with E-state index in [1.165, 1.54) is 10.7 Å². The monoisotopic (exact) mass is 578 g/mol. The van der Waals surface area contributed by atoms with Gasteiger partial charge >= 0.3 is 0 Å². The molecule has 6 rings (SSSR count). The summed E-state index contributed by atoms with van der Waals surface area (Å²) in [5, 5.41) is 16.5. The van der Waals surface area contributed by atoms with E-state index in [-0.39, 0.29) is 36.0 Å². The maximum absolute atomic E-state index is 14.6. The molecule has 0 aliphatic carbocycles. The molecule has 2 N–H and O–H groups in total. The van der Waals surface area contributed by atoms with Crippen LogP contribution in [0.5, 0.6) is 0 Å². The van der Waals surface area contributed by atoms with Gasteiger partial charge in [0.25, 0.3) is 5.91 Å². The number of nitrogens with zero attached hydrogens (tertiary/aromatic N) is 5. The van der Waals surface area contributed by atoms with E-state index in [0.717, 1.165) is 36.6 Å². The van der Waals surface area contributed by atoms with Crippen molar-refractivity contribution in [3.05, 3.63) is 89.2 Å². The number of anilines is 2. The number of hydrogen-bond donors (Lipinski definition) is 2. The molecule has 0 saturated carbocycles. The zero-order chi connectivity index (χ0) is 29.4. The number of likely N-dealkylation sites (tertiary alicyclic amines) is 1. The van der Waals surface area contributed by atoms with Gasteiger partial charge in [-0.1, -0.05) is 12.1 Å². The molecule has 4 aromatic rings. The smallest absolute Gasteiger partial charge is 0.276 e. The van der Waals surface area contributed by atoms with Gasteiger partial charge in [0.2, 0.25) is 5.91 Å². The first-order valence-electron chi connectivity index (χ1n) is 13.8. The average molecular weight is 579 g/mol. The van der Waals surface area contributed by atoms with Crippen LogP contribution in [-0.4, -0.2) is 68.8 Å². The number of alkyl halides is 1. The second kappa shape index (κ2) is 11.4. The summed E-state index contributed by atoms with van der Waals surface area (Å²) < 4.78 is 44.4. The van der Waals surface area contributed by atoms with Crippen molar-refractivity contribution in [2.75, 3.05) is 36.5 Å². The molecule has 9 nitrogen and oxygen atoms in total. The van der Waals surface area contributed by atoms with Gasteiger partial charge in [-0.15, -0.1) is 5.10 Å². The molecule has 4 heterocycles. The van der Waals surface area contributed by atoms with Gasteiger partial charge in [0, 0.05) is 30.8 Å². The summed E-state index contributed by atoms with van der Waals surface area (Å²) in [6.45, 7) is 0.646. The number of imidazole rings is 1. The highest BCUT2D eigenvalue weighted by atomic mass is 19.1. The van der Waals surface area contributed by atoms with Crippen LogP contribution in [0.3, 0.4) is 0 Å². The molecular weight excluding hydrogens is 549 g/mol. The van der Waals surface area contributed by atoms with E-state index in [9.17, 15) is 22.8 Å². The van der Waals surface area contributed by atoms with Crippen molar-refractivity contribution in [1.82, 2.24) is 19.5 Å². The number of carbonyl (C=O) groups is 2. The third-order valence-corrected chi connectivity index (χ3v) is 8.07. The Hall–Kier alpha value is -4.45. The fraction of sp³-hybridized carbons (Fsp3) is 0.333. The molecule has 0 bridgehead atoms. The number of piperidine rings is 1. The number of aliphatic hydroxyl groups excluding tert-OH is 1. The summed E-state index contributed by atoms with van der Waals surface area (Å²) in [4.78, 5) is 32.4. The van der Waals surface area contributed by atoms with Crippen molar-refractivity contribution < 1.29 is 27.9 Å². The summed E-state index contributed by atoms with van der Waals surface area (Å²) in [6.07, 6.45) is 1.69. The highest BCUT2D eigenvalue weighted by molar-refractivity contribution is 6.03. The fourth-order valence-electron chi connectivity index (χ4n) is 5.87. The quantitative estimate of drug-likeness (QED) is 0.355. The Morgan fingerprint density at radius 1 is 1.02 bits per heavy atom. The average Bonchev–Trinajstić information content (AvgIpc) is 3.61. The van der Waals surface area contributed by atoms with Gasteiger partial charge in [0.15, 0.2) is 11.3 Å². The second-order valence-electron chi connectivity index (χ2n) is 10.7. The van der Waals surface area contributed by atoms with Crippen molar-refractivity contribution in [2.24, 2.45) is 0 Å². The van der Waals surface area contributed by atoms with E-state index in [0.29, 0.717) is 30.2 Å². The standard InChI is InChI=1S/C30H29F3N6O3/c31-20-3-6-24(33)23(13-20)25-14-21(32)16-38(25)28-8-7-27-34-15-26(39(27)36-28)30(42)35-22-4-1-18(2-5-22)19-9-11-37(12-10-19)29(41)17-40/h1-8,13,15,19,21,25,40H,9-12,14,16-17H2,(H,35,42)/t21-,25+/m0/s1. The molecule has 2 fully saturated rings. The zero-order valence-corrected chi connectivity index (χ0v) is 22.6. The molecule has 0 spiro atoms. The topological polar surface area (TPSA) is 103 Å².